The van der Waals surface area contributed by atoms with E-state index in [4.69, 9.17) is 5.11 Å². The van der Waals surface area contributed by atoms with Gasteiger partial charge in [-0.05, 0) is 30.9 Å². The molecule has 1 atom stereocenters. The van der Waals surface area contributed by atoms with Crippen LogP contribution < -0.4 is 0 Å². The van der Waals surface area contributed by atoms with Gasteiger partial charge in [0.25, 0.3) is 0 Å². The number of benzene rings is 1. The Kier molecular flexibility index (Phi) is 4.35. The molecular weight excluding hydrogens is 204 g/mol. The number of aromatic hydroxyl groups is 1. The molecule has 2 N–H and O–H groups in total. The molecule has 0 aromatic heterocycles. The van der Waals surface area contributed by atoms with Gasteiger partial charge in [0, 0.05) is 0 Å². The fraction of sp³-hybridized carbons (Fsp3) is 0.462. The van der Waals surface area contributed by atoms with E-state index in [9.17, 15) is 9.90 Å². The number of carboxylic acids is 1. The summed E-state index contributed by atoms with van der Waals surface area (Å²) >= 11 is 0. The lowest BCUT2D eigenvalue weighted by Gasteiger charge is -2.16. The van der Waals surface area contributed by atoms with Gasteiger partial charge in [0.15, 0.2) is 0 Å². The van der Waals surface area contributed by atoms with Gasteiger partial charge in [-0.1, -0.05) is 31.0 Å². The van der Waals surface area contributed by atoms with E-state index in [1.165, 1.54) is 0 Å². The van der Waals surface area contributed by atoms with Crippen molar-refractivity contribution in [1.82, 2.24) is 0 Å². The first-order chi connectivity index (χ1) is 7.54. The normalized spacial score (nSPS) is 12.4. The molecule has 3 nitrogen and oxygen atoms in total. The maximum absolute atomic E-state index is 10.8. The van der Waals surface area contributed by atoms with E-state index in [0.717, 1.165) is 24.0 Å². The molecule has 0 radical (unpaired) electrons. The van der Waals surface area contributed by atoms with Gasteiger partial charge in [-0.3, -0.25) is 4.79 Å². The van der Waals surface area contributed by atoms with Crippen LogP contribution in [0, 0.1) is 6.92 Å². The molecule has 0 fully saturated rings. The number of aryl methyl sites for hydroxylation is 1. The van der Waals surface area contributed by atoms with Crippen molar-refractivity contribution in [3.63, 3.8) is 0 Å². The minimum atomic E-state index is -0.820. The van der Waals surface area contributed by atoms with Crippen LogP contribution in [0.5, 0.6) is 5.75 Å². The van der Waals surface area contributed by atoms with Crippen LogP contribution in [0.2, 0.25) is 0 Å². The largest absolute Gasteiger partial charge is 0.508 e. The predicted octanol–water partition coefficient (Wildman–Crippen LogP) is 3.06. The van der Waals surface area contributed by atoms with E-state index >= 15 is 0 Å². The SMILES string of the molecule is CCCC(CC(=O)O)c1cc(C)ccc1O. The molecule has 88 valence electrons. The summed E-state index contributed by atoms with van der Waals surface area (Å²) < 4.78 is 0. The summed E-state index contributed by atoms with van der Waals surface area (Å²) in [5.41, 5.74) is 1.79. The van der Waals surface area contributed by atoms with Gasteiger partial charge < -0.3 is 10.2 Å². The molecular formula is C13H18O3. The summed E-state index contributed by atoms with van der Waals surface area (Å²) in [5.74, 6) is -0.716. The molecule has 1 unspecified atom stereocenters. The highest BCUT2D eigenvalue weighted by atomic mass is 16.4. The summed E-state index contributed by atoms with van der Waals surface area (Å²) in [4.78, 5) is 10.8. The fourth-order valence-corrected chi connectivity index (χ4v) is 1.93. The topological polar surface area (TPSA) is 57.5 Å². The lowest BCUT2D eigenvalue weighted by Crippen LogP contribution is -2.06. The van der Waals surface area contributed by atoms with Gasteiger partial charge in [-0.25, -0.2) is 0 Å². The number of rotatable bonds is 5. The molecule has 0 heterocycles. The molecule has 0 aliphatic heterocycles. The Morgan fingerprint density at radius 2 is 2.12 bits per heavy atom. The highest BCUT2D eigenvalue weighted by molar-refractivity contribution is 5.68. The van der Waals surface area contributed by atoms with Crippen LogP contribution in [0.15, 0.2) is 18.2 Å². The Labute approximate surface area is 95.7 Å². The average molecular weight is 222 g/mol. The zero-order valence-electron chi connectivity index (χ0n) is 9.73. The van der Waals surface area contributed by atoms with Crippen LogP contribution >= 0.6 is 0 Å². The van der Waals surface area contributed by atoms with Gasteiger partial charge in [0.2, 0.25) is 0 Å². The van der Waals surface area contributed by atoms with Gasteiger partial charge >= 0.3 is 5.97 Å². The Morgan fingerprint density at radius 3 is 2.69 bits per heavy atom. The number of carbonyl (C=O) groups is 1. The number of phenols is 1. The van der Waals surface area contributed by atoms with Gasteiger partial charge in [0.1, 0.15) is 5.75 Å². The number of aliphatic carboxylic acids is 1. The second-order valence-corrected chi connectivity index (χ2v) is 4.15. The minimum absolute atomic E-state index is 0.0743. The molecule has 0 amide bonds. The molecule has 0 spiro atoms. The van der Waals surface area contributed by atoms with Crippen molar-refractivity contribution < 1.29 is 15.0 Å². The first-order valence-electron chi connectivity index (χ1n) is 5.56. The van der Waals surface area contributed by atoms with Crippen LogP contribution in [0.1, 0.15) is 43.2 Å². The number of phenolic OH excluding ortho intramolecular Hbond substituents is 1. The third-order valence-electron chi connectivity index (χ3n) is 2.68. The van der Waals surface area contributed by atoms with Gasteiger partial charge in [-0.2, -0.15) is 0 Å². The Bertz CT molecular complexity index is 371. The van der Waals surface area contributed by atoms with Crippen molar-refractivity contribution in [2.45, 2.75) is 39.0 Å². The van der Waals surface area contributed by atoms with Crippen LogP contribution in [-0.2, 0) is 4.79 Å². The Balaban J connectivity index is 2.99. The molecule has 0 aliphatic rings. The van der Waals surface area contributed by atoms with Crippen molar-refractivity contribution >= 4 is 5.97 Å². The van der Waals surface area contributed by atoms with Crippen molar-refractivity contribution in [3.05, 3.63) is 29.3 Å². The molecule has 3 heteroatoms. The second kappa shape index (κ2) is 5.54. The molecule has 1 rings (SSSR count). The predicted molar refractivity (Wildman–Crippen MR) is 62.7 cm³/mol. The quantitative estimate of drug-likeness (QED) is 0.805. The molecule has 0 saturated carbocycles. The Hall–Kier alpha value is -1.51. The van der Waals surface area contributed by atoms with Crippen molar-refractivity contribution in [1.29, 1.82) is 0 Å². The summed E-state index contributed by atoms with van der Waals surface area (Å²) in [5, 5.41) is 18.6. The van der Waals surface area contributed by atoms with E-state index in [-0.39, 0.29) is 18.1 Å². The van der Waals surface area contributed by atoms with E-state index in [2.05, 4.69) is 0 Å². The van der Waals surface area contributed by atoms with E-state index < -0.39 is 5.97 Å². The van der Waals surface area contributed by atoms with E-state index in [1.807, 2.05) is 26.0 Å². The van der Waals surface area contributed by atoms with Gasteiger partial charge in [0.05, 0.1) is 6.42 Å². The van der Waals surface area contributed by atoms with Crippen LogP contribution in [-0.4, -0.2) is 16.2 Å². The fourth-order valence-electron chi connectivity index (χ4n) is 1.93. The van der Waals surface area contributed by atoms with E-state index in [1.54, 1.807) is 6.07 Å². The monoisotopic (exact) mass is 222 g/mol. The highest BCUT2D eigenvalue weighted by Crippen LogP contribution is 2.32. The van der Waals surface area contributed by atoms with Crippen molar-refractivity contribution in [2.24, 2.45) is 0 Å². The van der Waals surface area contributed by atoms with Crippen LogP contribution in [0.3, 0.4) is 0 Å². The zero-order chi connectivity index (χ0) is 12.1. The number of carboxylic acid groups (broad SMARTS) is 1. The highest BCUT2D eigenvalue weighted by Gasteiger charge is 2.17. The minimum Gasteiger partial charge on any atom is -0.508 e. The summed E-state index contributed by atoms with van der Waals surface area (Å²) in [6.07, 6.45) is 1.76. The number of hydrogen-bond acceptors (Lipinski definition) is 2. The average Bonchev–Trinajstić information content (AvgIpc) is 2.20. The lowest BCUT2D eigenvalue weighted by molar-refractivity contribution is -0.137. The Morgan fingerprint density at radius 1 is 1.44 bits per heavy atom. The third kappa shape index (κ3) is 3.26. The molecule has 0 aliphatic carbocycles. The third-order valence-corrected chi connectivity index (χ3v) is 2.68. The zero-order valence-corrected chi connectivity index (χ0v) is 9.73. The van der Waals surface area contributed by atoms with Gasteiger partial charge in [-0.15, -0.1) is 0 Å². The van der Waals surface area contributed by atoms with Crippen LogP contribution in [0.25, 0.3) is 0 Å². The molecule has 16 heavy (non-hydrogen) atoms. The molecule has 0 saturated heterocycles. The lowest BCUT2D eigenvalue weighted by atomic mass is 9.90. The standard InChI is InChI=1S/C13H18O3/c1-3-4-10(8-13(15)16)11-7-9(2)5-6-12(11)14/h5-7,10,14H,3-4,8H2,1-2H3,(H,15,16). The van der Waals surface area contributed by atoms with Crippen molar-refractivity contribution in [3.8, 4) is 5.75 Å². The summed E-state index contributed by atoms with van der Waals surface area (Å²) in [7, 11) is 0. The number of hydrogen-bond donors (Lipinski definition) is 2. The first-order valence-corrected chi connectivity index (χ1v) is 5.56. The van der Waals surface area contributed by atoms with Crippen molar-refractivity contribution in [2.75, 3.05) is 0 Å². The molecule has 1 aromatic carbocycles. The maximum Gasteiger partial charge on any atom is 0.303 e. The summed E-state index contributed by atoms with van der Waals surface area (Å²) in [6.45, 7) is 3.95. The van der Waals surface area contributed by atoms with E-state index in [0.29, 0.717) is 0 Å². The molecule has 0 bridgehead atoms. The van der Waals surface area contributed by atoms with Crippen LogP contribution in [0.4, 0.5) is 0 Å². The molecule has 1 aromatic rings. The smallest absolute Gasteiger partial charge is 0.303 e. The first kappa shape index (κ1) is 12.6. The summed E-state index contributed by atoms with van der Waals surface area (Å²) in [6, 6.07) is 5.33. The second-order valence-electron chi connectivity index (χ2n) is 4.15. The maximum atomic E-state index is 10.8.